The quantitative estimate of drug-likeness (QED) is 0.714. The van der Waals surface area contributed by atoms with Gasteiger partial charge in [-0.15, -0.1) is 11.3 Å². The molecule has 1 N–H and O–H groups in total. The molecule has 0 aliphatic carbocycles. The average Bonchev–Trinajstić information content (AvgIpc) is 3.29. The van der Waals surface area contributed by atoms with E-state index in [1.807, 2.05) is 6.07 Å². The van der Waals surface area contributed by atoms with Crippen molar-refractivity contribution in [2.24, 2.45) is 0 Å². The molecule has 0 bridgehead atoms. The van der Waals surface area contributed by atoms with Crippen molar-refractivity contribution in [3.05, 3.63) is 29.5 Å². The normalized spacial score (nSPS) is 16.0. The molecule has 0 saturated carbocycles. The first-order valence-corrected chi connectivity index (χ1v) is 9.18. The molecule has 3 aromatic heterocycles. The maximum Gasteiger partial charge on any atom is 0.240 e. The van der Waals surface area contributed by atoms with Crippen molar-refractivity contribution in [2.75, 3.05) is 25.1 Å². The Morgan fingerprint density at radius 2 is 2.24 bits per heavy atom. The van der Waals surface area contributed by atoms with Crippen LogP contribution < -0.4 is 10.2 Å². The van der Waals surface area contributed by atoms with E-state index in [0.29, 0.717) is 30.9 Å². The minimum atomic E-state index is 0.373. The molecule has 25 heavy (non-hydrogen) atoms. The van der Waals surface area contributed by atoms with E-state index < -0.39 is 0 Å². The van der Waals surface area contributed by atoms with Crippen LogP contribution in [0, 0.1) is 0 Å². The third-order valence-corrected chi connectivity index (χ3v) is 5.24. The molecule has 1 aliphatic rings. The van der Waals surface area contributed by atoms with Crippen LogP contribution >= 0.6 is 11.3 Å². The standard InChI is InChI=1S/C16H20N6O2S/c1-23-9-13-20-14(24-21-13)8-17-11-2-5-22(6-3-11)16-15-12(4-7-25-15)18-10-19-16/h4,7,10-11,17H,2-3,5-6,8-9H2,1H3. The summed E-state index contributed by atoms with van der Waals surface area (Å²) in [7, 11) is 1.61. The number of aromatic nitrogens is 4. The van der Waals surface area contributed by atoms with Crippen LogP contribution in [0.1, 0.15) is 24.6 Å². The number of nitrogens with zero attached hydrogens (tertiary/aromatic N) is 5. The van der Waals surface area contributed by atoms with E-state index in [2.05, 4.69) is 35.7 Å². The molecule has 0 spiro atoms. The van der Waals surface area contributed by atoms with Gasteiger partial charge in [-0.25, -0.2) is 9.97 Å². The molecule has 1 aliphatic heterocycles. The van der Waals surface area contributed by atoms with Gasteiger partial charge in [0.2, 0.25) is 5.89 Å². The molecule has 1 fully saturated rings. The topological polar surface area (TPSA) is 89.2 Å². The summed E-state index contributed by atoms with van der Waals surface area (Å²) in [6, 6.07) is 2.48. The highest BCUT2D eigenvalue weighted by atomic mass is 32.1. The zero-order valence-corrected chi connectivity index (χ0v) is 14.8. The van der Waals surface area contributed by atoms with Crippen molar-refractivity contribution >= 4 is 27.4 Å². The highest BCUT2D eigenvalue weighted by molar-refractivity contribution is 7.17. The summed E-state index contributed by atoms with van der Waals surface area (Å²) >= 11 is 1.70. The Bertz CT molecular complexity index is 827. The van der Waals surface area contributed by atoms with Crippen LogP contribution in [0.15, 0.2) is 22.3 Å². The van der Waals surface area contributed by atoms with E-state index in [1.165, 1.54) is 4.70 Å². The Kier molecular flexibility index (Phi) is 4.86. The first kappa shape index (κ1) is 16.4. The summed E-state index contributed by atoms with van der Waals surface area (Å²) in [6.07, 6.45) is 3.76. The molecule has 0 amide bonds. The van der Waals surface area contributed by atoms with Crippen molar-refractivity contribution < 1.29 is 9.26 Å². The zero-order valence-electron chi connectivity index (χ0n) is 14.0. The molecule has 0 unspecified atom stereocenters. The van der Waals surface area contributed by atoms with E-state index in [-0.39, 0.29) is 0 Å². The number of fused-ring (bicyclic) bond motifs is 1. The maximum atomic E-state index is 5.21. The molecule has 3 aromatic rings. The Morgan fingerprint density at radius 1 is 1.36 bits per heavy atom. The van der Waals surface area contributed by atoms with Crippen LogP contribution in [0.2, 0.25) is 0 Å². The molecular weight excluding hydrogens is 340 g/mol. The first-order valence-electron chi connectivity index (χ1n) is 8.30. The number of methoxy groups -OCH3 is 1. The molecule has 1 saturated heterocycles. The summed E-state index contributed by atoms with van der Waals surface area (Å²) in [5.74, 6) is 2.24. The van der Waals surface area contributed by atoms with Gasteiger partial charge in [0.1, 0.15) is 18.8 Å². The van der Waals surface area contributed by atoms with Crippen molar-refractivity contribution in [3.63, 3.8) is 0 Å². The lowest BCUT2D eigenvalue weighted by Crippen LogP contribution is -2.42. The highest BCUT2D eigenvalue weighted by Gasteiger charge is 2.22. The fraction of sp³-hybridized carbons (Fsp3) is 0.500. The van der Waals surface area contributed by atoms with E-state index >= 15 is 0 Å². The van der Waals surface area contributed by atoms with Gasteiger partial charge in [0, 0.05) is 26.2 Å². The van der Waals surface area contributed by atoms with Gasteiger partial charge in [-0.1, -0.05) is 5.16 Å². The lowest BCUT2D eigenvalue weighted by atomic mass is 10.1. The van der Waals surface area contributed by atoms with Gasteiger partial charge < -0.3 is 19.5 Å². The lowest BCUT2D eigenvalue weighted by Gasteiger charge is -2.33. The number of thiophene rings is 1. The van der Waals surface area contributed by atoms with Gasteiger partial charge in [-0.05, 0) is 24.3 Å². The SMILES string of the molecule is COCc1noc(CNC2CCN(c3ncnc4ccsc34)CC2)n1. The summed E-state index contributed by atoms with van der Waals surface area (Å²) < 4.78 is 11.4. The Hall–Kier alpha value is -2.10. The molecule has 0 aromatic carbocycles. The maximum absolute atomic E-state index is 5.21. The number of rotatable bonds is 6. The molecule has 132 valence electrons. The summed E-state index contributed by atoms with van der Waals surface area (Å²) in [5, 5.41) is 9.45. The predicted octanol–water partition coefficient (Wildman–Crippen LogP) is 1.98. The fourth-order valence-corrected chi connectivity index (χ4v) is 3.94. The van der Waals surface area contributed by atoms with E-state index in [1.54, 1.807) is 24.8 Å². The average molecular weight is 360 g/mol. The Labute approximate surface area is 149 Å². The van der Waals surface area contributed by atoms with Gasteiger partial charge in [0.15, 0.2) is 5.82 Å². The molecule has 4 heterocycles. The predicted molar refractivity (Wildman–Crippen MR) is 94.5 cm³/mol. The van der Waals surface area contributed by atoms with Crippen LogP contribution in [-0.4, -0.2) is 46.3 Å². The van der Waals surface area contributed by atoms with Crippen molar-refractivity contribution in [1.29, 1.82) is 0 Å². The minimum Gasteiger partial charge on any atom is -0.377 e. The van der Waals surface area contributed by atoms with Gasteiger partial charge in [0.25, 0.3) is 0 Å². The summed E-state index contributed by atoms with van der Waals surface area (Å²) in [6.45, 7) is 2.91. The fourth-order valence-electron chi connectivity index (χ4n) is 3.08. The zero-order chi connectivity index (χ0) is 17.1. The molecule has 9 heteroatoms. The number of anilines is 1. The number of piperidine rings is 1. The van der Waals surface area contributed by atoms with E-state index in [4.69, 9.17) is 9.26 Å². The van der Waals surface area contributed by atoms with Crippen LogP contribution in [0.5, 0.6) is 0 Å². The number of nitrogens with one attached hydrogen (secondary N) is 1. The Morgan fingerprint density at radius 3 is 3.08 bits per heavy atom. The summed E-state index contributed by atoms with van der Waals surface area (Å²) in [4.78, 5) is 15.5. The van der Waals surface area contributed by atoms with Crippen LogP contribution in [-0.2, 0) is 17.9 Å². The second kappa shape index (κ2) is 7.42. The van der Waals surface area contributed by atoms with Gasteiger partial charge in [-0.3, -0.25) is 0 Å². The molecule has 4 rings (SSSR count). The third-order valence-electron chi connectivity index (χ3n) is 4.34. The minimum absolute atomic E-state index is 0.373. The van der Waals surface area contributed by atoms with Crippen LogP contribution in [0.4, 0.5) is 5.82 Å². The van der Waals surface area contributed by atoms with E-state index in [9.17, 15) is 0 Å². The van der Waals surface area contributed by atoms with Gasteiger partial charge in [-0.2, -0.15) is 4.98 Å². The highest BCUT2D eigenvalue weighted by Crippen LogP contribution is 2.29. The van der Waals surface area contributed by atoms with E-state index in [0.717, 1.165) is 37.3 Å². The molecular formula is C16H20N6O2S. The van der Waals surface area contributed by atoms with Crippen molar-refractivity contribution in [2.45, 2.75) is 32.0 Å². The van der Waals surface area contributed by atoms with Crippen LogP contribution in [0.3, 0.4) is 0 Å². The largest absolute Gasteiger partial charge is 0.377 e. The monoisotopic (exact) mass is 360 g/mol. The van der Waals surface area contributed by atoms with Crippen molar-refractivity contribution in [3.8, 4) is 0 Å². The molecule has 0 atom stereocenters. The third kappa shape index (κ3) is 3.63. The molecule has 0 radical (unpaired) electrons. The van der Waals surface area contributed by atoms with Crippen molar-refractivity contribution in [1.82, 2.24) is 25.4 Å². The van der Waals surface area contributed by atoms with Gasteiger partial charge >= 0.3 is 0 Å². The Balaban J connectivity index is 1.31. The summed E-state index contributed by atoms with van der Waals surface area (Å²) in [5.41, 5.74) is 1.03. The number of hydrogen-bond acceptors (Lipinski definition) is 9. The number of hydrogen-bond donors (Lipinski definition) is 1. The van der Waals surface area contributed by atoms with Crippen LogP contribution in [0.25, 0.3) is 10.2 Å². The first-order chi connectivity index (χ1) is 12.3. The second-order valence-electron chi connectivity index (χ2n) is 6.01. The van der Waals surface area contributed by atoms with Gasteiger partial charge in [0.05, 0.1) is 16.8 Å². The second-order valence-corrected chi connectivity index (χ2v) is 6.93. The molecule has 8 nitrogen and oxygen atoms in total. The lowest BCUT2D eigenvalue weighted by molar-refractivity contribution is 0.174. The number of ether oxygens (including phenoxy) is 1. The smallest absolute Gasteiger partial charge is 0.240 e.